The lowest BCUT2D eigenvalue weighted by Crippen LogP contribution is -2.54. The van der Waals surface area contributed by atoms with Gasteiger partial charge in [0.25, 0.3) is 11.8 Å². The number of hydrogen-bond donors (Lipinski definition) is 1. The molecule has 29 heavy (non-hydrogen) atoms. The van der Waals surface area contributed by atoms with E-state index in [9.17, 15) is 9.59 Å². The third kappa shape index (κ3) is 3.79. The molecule has 0 aliphatic carbocycles. The van der Waals surface area contributed by atoms with Crippen molar-refractivity contribution >= 4 is 40.9 Å². The molecule has 0 bridgehead atoms. The minimum absolute atomic E-state index is 0.0297. The molecular weight excluding hydrogens is 392 g/mol. The second kappa shape index (κ2) is 8.32. The number of nitrogens with zero attached hydrogens (tertiary/aromatic N) is 1. The van der Waals surface area contributed by atoms with Gasteiger partial charge in [-0.25, -0.2) is 0 Å². The predicted octanol–water partition coefficient (Wildman–Crippen LogP) is 2.85. The van der Waals surface area contributed by atoms with Crippen LogP contribution in [0.2, 0.25) is 0 Å². The van der Waals surface area contributed by atoms with Crippen LogP contribution in [0.15, 0.2) is 42.0 Å². The van der Waals surface area contributed by atoms with Gasteiger partial charge in [0.2, 0.25) is 5.75 Å². The molecule has 2 aromatic carbocycles. The summed E-state index contributed by atoms with van der Waals surface area (Å²) in [6.07, 6.45) is 1.45. The van der Waals surface area contributed by atoms with Crippen LogP contribution < -0.4 is 24.4 Å². The van der Waals surface area contributed by atoms with Gasteiger partial charge in [-0.1, -0.05) is 12.1 Å². The van der Waals surface area contributed by atoms with Crippen molar-refractivity contribution < 1.29 is 23.8 Å². The van der Waals surface area contributed by atoms with Crippen LogP contribution in [-0.2, 0) is 9.59 Å². The van der Waals surface area contributed by atoms with Crippen LogP contribution in [0.4, 0.5) is 5.69 Å². The smallest absolute Gasteiger partial charge is 0.270 e. The molecule has 150 valence electrons. The highest BCUT2D eigenvalue weighted by Crippen LogP contribution is 2.40. The Labute approximate surface area is 173 Å². The number of ether oxygens (including phenoxy) is 3. The third-order valence-corrected chi connectivity index (χ3v) is 4.68. The molecule has 1 N–H and O–H groups in total. The zero-order chi connectivity index (χ0) is 21.1. The number of aryl methyl sites for hydroxylation is 1. The molecule has 1 saturated heterocycles. The van der Waals surface area contributed by atoms with Gasteiger partial charge in [-0.05, 0) is 55.0 Å². The molecule has 7 nitrogen and oxygen atoms in total. The molecule has 0 spiro atoms. The maximum Gasteiger partial charge on any atom is 0.270 e. The number of nitrogens with one attached hydrogen (secondary N) is 1. The van der Waals surface area contributed by atoms with Gasteiger partial charge in [0.1, 0.15) is 5.57 Å². The summed E-state index contributed by atoms with van der Waals surface area (Å²) in [5.74, 6) is 0.0599. The fraction of sp³-hybridized carbons (Fsp3) is 0.190. The minimum atomic E-state index is -0.583. The molecule has 1 heterocycles. The highest BCUT2D eigenvalue weighted by molar-refractivity contribution is 7.80. The SMILES string of the molecule is COc1ccc(C=C2C(=O)NC(=S)N(c3cccc(C)c3)C2=O)c(OC)c1OC. The van der Waals surface area contributed by atoms with Crippen molar-refractivity contribution in [3.63, 3.8) is 0 Å². The second-order valence-electron chi connectivity index (χ2n) is 6.22. The van der Waals surface area contributed by atoms with E-state index in [4.69, 9.17) is 26.4 Å². The van der Waals surface area contributed by atoms with Gasteiger partial charge in [0.15, 0.2) is 16.6 Å². The largest absolute Gasteiger partial charge is 0.493 e. The number of hydrogen-bond acceptors (Lipinski definition) is 6. The van der Waals surface area contributed by atoms with Gasteiger partial charge >= 0.3 is 0 Å². The molecule has 1 aliphatic heterocycles. The van der Waals surface area contributed by atoms with E-state index in [1.54, 1.807) is 18.2 Å². The molecule has 0 unspecified atom stereocenters. The van der Waals surface area contributed by atoms with Gasteiger partial charge in [-0.15, -0.1) is 0 Å². The van der Waals surface area contributed by atoms with E-state index < -0.39 is 11.8 Å². The molecule has 2 aromatic rings. The van der Waals surface area contributed by atoms with Crippen molar-refractivity contribution in [2.75, 3.05) is 26.2 Å². The van der Waals surface area contributed by atoms with Crippen LogP contribution in [0.25, 0.3) is 6.08 Å². The second-order valence-corrected chi connectivity index (χ2v) is 6.61. The molecule has 1 aliphatic rings. The van der Waals surface area contributed by atoms with Crippen molar-refractivity contribution in [3.05, 3.63) is 53.1 Å². The van der Waals surface area contributed by atoms with Crippen molar-refractivity contribution in [2.45, 2.75) is 6.92 Å². The van der Waals surface area contributed by atoms with Crippen molar-refractivity contribution in [2.24, 2.45) is 0 Å². The standard InChI is InChI=1S/C21H20N2O5S/c1-12-6-5-7-14(10-12)23-20(25)15(19(24)22-21(23)29)11-13-8-9-16(26-2)18(28-4)17(13)27-3/h5-11H,1-4H3,(H,22,24,29). The average Bonchev–Trinajstić information content (AvgIpc) is 2.70. The van der Waals surface area contributed by atoms with E-state index in [0.29, 0.717) is 28.5 Å². The number of carbonyl (C=O) groups is 2. The molecule has 0 saturated carbocycles. The van der Waals surface area contributed by atoms with Crippen molar-refractivity contribution in [1.82, 2.24) is 5.32 Å². The summed E-state index contributed by atoms with van der Waals surface area (Å²) < 4.78 is 16.1. The first-order valence-electron chi connectivity index (χ1n) is 8.68. The Balaban J connectivity index is 2.10. The van der Waals surface area contributed by atoms with Crippen LogP contribution in [0, 0.1) is 6.92 Å². The molecule has 0 radical (unpaired) electrons. The Morgan fingerprint density at radius 1 is 1.00 bits per heavy atom. The fourth-order valence-corrected chi connectivity index (χ4v) is 3.33. The number of carbonyl (C=O) groups excluding carboxylic acids is 2. The number of amides is 2. The van der Waals surface area contributed by atoms with Crippen LogP contribution in [-0.4, -0.2) is 38.3 Å². The highest BCUT2D eigenvalue weighted by atomic mass is 32.1. The third-order valence-electron chi connectivity index (χ3n) is 4.40. The van der Waals surface area contributed by atoms with Gasteiger partial charge in [0.05, 0.1) is 27.0 Å². The summed E-state index contributed by atoms with van der Waals surface area (Å²) in [5, 5.41) is 2.60. The van der Waals surface area contributed by atoms with E-state index in [-0.39, 0.29) is 10.7 Å². The van der Waals surface area contributed by atoms with Gasteiger partial charge in [-0.2, -0.15) is 0 Å². The monoisotopic (exact) mass is 412 g/mol. The maximum absolute atomic E-state index is 13.2. The van der Waals surface area contributed by atoms with E-state index in [1.165, 1.54) is 32.3 Å². The quantitative estimate of drug-likeness (QED) is 0.462. The summed E-state index contributed by atoms with van der Waals surface area (Å²) in [6, 6.07) is 10.6. The Hall–Kier alpha value is -3.39. The summed E-state index contributed by atoms with van der Waals surface area (Å²) >= 11 is 5.23. The number of rotatable bonds is 5. The lowest BCUT2D eigenvalue weighted by atomic mass is 10.0. The van der Waals surface area contributed by atoms with Crippen LogP contribution in [0.1, 0.15) is 11.1 Å². The van der Waals surface area contributed by atoms with Gasteiger partial charge in [0, 0.05) is 5.56 Å². The Kier molecular flexibility index (Phi) is 5.84. The van der Waals surface area contributed by atoms with Crippen molar-refractivity contribution in [3.8, 4) is 17.2 Å². The number of thiocarbonyl (C=S) groups is 1. The van der Waals surface area contributed by atoms with Gasteiger partial charge in [-0.3, -0.25) is 19.8 Å². The Morgan fingerprint density at radius 2 is 1.72 bits per heavy atom. The maximum atomic E-state index is 13.2. The minimum Gasteiger partial charge on any atom is -0.493 e. The zero-order valence-corrected chi connectivity index (χ0v) is 17.3. The van der Waals surface area contributed by atoms with Gasteiger partial charge < -0.3 is 14.2 Å². The number of methoxy groups -OCH3 is 3. The van der Waals surface area contributed by atoms with E-state index in [1.807, 2.05) is 25.1 Å². The highest BCUT2D eigenvalue weighted by Gasteiger charge is 2.35. The lowest BCUT2D eigenvalue weighted by molar-refractivity contribution is -0.122. The van der Waals surface area contributed by atoms with E-state index >= 15 is 0 Å². The Bertz CT molecular complexity index is 1030. The molecule has 3 rings (SSSR count). The summed E-state index contributed by atoms with van der Waals surface area (Å²) in [5.41, 5.74) is 1.94. The lowest BCUT2D eigenvalue weighted by Gasteiger charge is -2.29. The van der Waals surface area contributed by atoms with Crippen LogP contribution >= 0.6 is 12.2 Å². The topological polar surface area (TPSA) is 77.1 Å². The first kappa shape index (κ1) is 20.3. The predicted molar refractivity (Wildman–Crippen MR) is 113 cm³/mol. The molecule has 2 amide bonds. The first-order valence-corrected chi connectivity index (χ1v) is 9.09. The first-order chi connectivity index (χ1) is 13.9. The van der Waals surface area contributed by atoms with E-state index in [0.717, 1.165) is 5.56 Å². The summed E-state index contributed by atoms with van der Waals surface area (Å²) in [6.45, 7) is 1.91. The summed E-state index contributed by atoms with van der Waals surface area (Å²) in [7, 11) is 4.46. The molecular formula is C21H20N2O5S. The van der Waals surface area contributed by atoms with Crippen LogP contribution in [0.5, 0.6) is 17.2 Å². The molecule has 0 atom stereocenters. The number of benzene rings is 2. The fourth-order valence-electron chi connectivity index (χ4n) is 3.05. The summed E-state index contributed by atoms with van der Waals surface area (Å²) in [4.78, 5) is 27.0. The van der Waals surface area contributed by atoms with Crippen molar-refractivity contribution in [1.29, 1.82) is 0 Å². The van der Waals surface area contributed by atoms with E-state index in [2.05, 4.69) is 5.32 Å². The molecule has 8 heteroatoms. The normalized spacial score (nSPS) is 15.4. The zero-order valence-electron chi connectivity index (χ0n) is 16.4. The molecule has 0 aromatic heterocycles. The molecule has 1 fully saturated rings. The average molecular weight is 412 g/mol. The Morgan fingerprint density at radius 3 is 2.34 bits per heavy atom. The number of anilines is 1. The van der Waals surface area contributed by atoms with Crippen LogP contribution in [0.3, 0.4) is 0 Å².